The summed E-state index contributed by atoms with van der Waals surface area (Å²) in [5.74, 6) is -2.75. The van der Waals surface area contributed by atoms with E-state index in [1.165, 1.54) is 12.1 Å². The highest BCUT2D eigenvalue weighted by atomic mass is 16.7. The normalized spacial score (nSPS) is 12.8. The van der Waals surface area contributed by atoms with Gasteiger partial charge in [-0.25, -0.2) is 24.7 Å². The molecule has 0 spiro atoms. The molecular weight excluding hydrogens is 452 g/mol. The van der Waals surface area contributed by atoms with Crippen molar-refractivity contribution in [2.75, 3.05) is 6.54 Å². The van der Waals surface area contributed by atoms with Gasteiger partial charge in [0.1, 0.15) is 12.4 Å². The standard InChI is InChI=1S/C20H22N6O8/c21-19(24-26(31)32)23-12-4-11-20(22,17(27)33-13-14-5-2-1-3-6-14)18(28)34-16-9-7-15(8-10-16)25(29)30/h1-3,5-10H,4,11-13,22H2,(H3,21,23,24)/t20-/m1/s1. The number of nitrogens with one attached hydrogen (secondary N) is 1. The predicted molar refractivity (Wildman–Crippen MR) is 118 cm³/mol. The van der Waals surface area contributed by atoms with Gasteiger partial charge in [-0.05, 0) is 30.5 Å². The van der Waals surface area contributed by atoms with Crippen molar-refractivity contribution in [3.05, 3.63) is 80.4 Å². The minimum Gasteiger partial charge on any atom is -0.459 e. The van der Waals surface area contributed by atoms with Crippen molar-refractivity contribution in [2.45, 2.75) is 25.0 Å². The van der Waals surface area contributed by atoms with E-state index in [9.17, 15) is 29.8 Å². The number of aliphatic imine (C=N–C) groups is 1. The molecule has 0 saturated carbocycles. The quantitative estimate of drug-likeness (QED) is 0.0605. The van der Waals surface area contributed by atoms with Crippen LogP contribution in [-0.2, 0) is 20.9 Å². The van der Waals surface area contributed by atoms with Gasteiger partial charge in [0, 0.05) is 18.7 Å². The van der Waals surface area contributed by atoms with Crippen molar-refractivity contribution in [3.8, 4) is 5.75 Å². The number of hydrogen-bond donors (Lipinski definition) is 3. The third-order valence-electron chi connectivity index (χ3n) is 4.42. The fourth-order valence-electron chi connectivity index (χ4n) is 2.66. The van der Waals surface area contributed by atoms with Crippen molar-refractivity contribution in [1.29, 1.82) is 0 Å². The van der Waals surface area contributed by atoms with Crippen LogP contribution in [0.5, 0.6) is 5.75 Å². The van der Waals surface area contributed by atoms with Crippen LogP contribution in [0.25, 0.3) is 0 Å². The highest BCUT2D eigenvalue weighted by molar-refractivity contribution is 6.05. The lowest BCUT2D eigenvalue weighted by Gasteiger charge is -2.25. The molecule has 5 N–H and O–H groups in total. The molecule has 0 radical (unpaired) electrons. The lowest BCUT2D eigenvalue weighted by Crippen LogP contribution is -2.57. The molecule has 0 unspecified atom stereocenters. The summed E-state index contributed by atoms with van der Waals surface area (Å²) in [6.45, 7) is -0.246. The molecule has 0 aromatic heterocycles. The van der Waals surface area contributed by atoms with Crippen molar-refractivity contribution in [3.63, 3.8) is 0 Å². The number of nitrogens with zero attached hydrogens (tertiary/aromatic N) is 3. The molecule has 0 heterocycles. The Labute approximate surface area is 192 Å². The topological polar surface area (TPSA) is 215 Å². The molecule has 0 fully saturated rings. The molecule has 0 aliphatic rings. The first-order valence-electron chi connectivity index (χ1n) is 9.79. The summed E-state index contributed by atoms with van der Waals surface area (Å²) in [6, 6.07) is 13.3. The van der Waals surface area contributed by atoms with Crippen LogP contribution >= 0.6 is 0 Å². The van der Waals surface area contributed by atoms with Gasteiger partial charge in [-0.2, -0.15) is 0 Å². The zero-order chi connectivity index (χ0) is 25.1. The molecule has 2 rings (SSSR count). The molecule has 180 valence electrons. The Morgan fingerprint density at radius 2 is 1.68 bits per heavy atom. The van der Waals surface area contributed by atoms with E-state index in [4.69, 9.17) is 20.9 Å². The van der Waals surface area contributed by atoms with Crippen LogP contribution in [0, 0.1) is 20.2 Å². The molecule has 14 nitrogen and oxygen atoms in total. The first kappa shape index (κ1) is 25.7. The third-order valence-corrected chi connectivity index (χ3v) is 4.42. The summed E-state index contributed by atoms with van der Waals surface area (Å²) in [6.07, 6.45) is -0.270. The molecule has 0 saturated heterocycles. The smallest absolute Gasteiger partial charge is 0.343 e. The van der Waals surface area contributed by atoms with Gasteiger partial charge in [-0.15, -0.1) is 0 Å². The van der Waals surface area contributed by atoms with Crippen LogP contribution in [0.4, 0.5) is 5.69 Å². The number of nitrogens with two attached hydrogens (primary N) is 2. The Morgan fingerprint density at radius 1 is 1.03 bits per heavy atom. The number of carbonyl (C=O) groups excluding carboxylic acids is 2. The number of non-ortho nitro benzene ring substituents is 1. The molecule has 14 heteroatoms. The second-order valence-corrected chi connectivity index (χ2v) is 6.91. The summed E-state index contributed by atoms with van der Waals surface area (Å²) in [5, 5.41) is 20.2. The number of hydrazine groups is 1. The van der Waals surface area contributed by atoms with Crippen LogP contribution in [0.2, 0.25) is 0 Å². The number of nitro benzene ring substituents is 1. The number of guanidine groups is 1. The van der Waals surface area contributed by atoms with Gasteiger partial charge in [0.05, 0.1) is 4.92 Å². The number of ether oxygens (including phenoxy) is 2. The maximum atomic E-state index is 12.8. The second kappa shape index (κ2) is 11.9. The largest absolute Gasteiger partial charge is 0.459 e. The lowest BCUT2D eigenvalue weighted by atomic mass is 9.94. The SMILES string of the molecule is NC(=NCCC[C@@](N)(C(=O)OCc1ccccc1)C(=O)Oc1ccc([N+](=O)[O-])cc1)N[N+](=O)[O-]. The number of rotatable bonds is 11. The molecule has 34 heavy (non-hydrogen) atoms. The minimum absolute atomic E-state index is 0.0202. The number of nitro groups is 2. The fourth-order valence-corrected chi connectivity index (χ4v) is 2.66. The molecule has 1 atom stereocenters. The highest BCUT2D eigenvalue weighted by Crippen LogP contribution is 2.21. The Morgan fingerprint density at radius 3 is 2.26 bits per heavy atom. The second-order valence-electron chi connectivity index (χ2n) is 6.91. The van der Waals surface area contributed by atoms with Gasteiger partial charge in [-0.1, -0.05) is 35.8 Å². The Hall–Kier alpha value is -4.59. The van der Waals surface area contributed by atoms with Gasteiger partial charge >= 0.3 is 11.9 Å². The highest BCUT2D eigenvalue weighted by Gasteiger charge is 2.45. The zero-order valence-corrected chi connectivity index (χ0v) is 17.8. The first-order valence-corrected chi connectivity index (χ1v) is 9.79. The minimum atomic E-state index is -2.25. The van der Waals surface area contributed by atoms with Crippen molar-refractivity contribution in [2.24, 2.45) is 16.5 Å². The van der Waals surface area contributed by atoms with E-state index >= 15 is 0 Å². The van der Waals surface area contributed by atoms with Crippen LogP contribution < -0.4 is 21.6 Å². The molecule has 2 aromatic carbocycles. The number of esters is 2. The Kier molecular flexibility index (Phi) is 8.96. The van der Waals surface area contributed by atoms with E-state index in [-0.39, 0.29) is 37.4 Å². The monoisotopic (exact) mass is 474 g/mol. The van der Waals surface area contributed by atoms with E-state index in [0.29, 0.717) is 5.56 Å². The van der Waals surface area contributed by atoms with E-state index < -0.39 is 33.4 Å². The van der Waals surface area contributed by atoms with E-state index in [2.05, 4.69) is 4.99 Å². The predicted octanol–water partition coefficient (Wildman–Crippen LogP) is 0.817. The summed E-state index contributed by atoms with van der Waals surface area (Å²) in [5.41, 5.74) is 11.3. The molecular formula is C20H22N6O8. The van der Waals surface area contributed by atoms with Crippen LogP contribution in [-0.4, -0.2) is 39.9 Å². The molecule has 0 bridgehead atoms. The van der Waals surface area contributed by atoms with E-state index in [1.54, 1.807) is 35.8 Å². The van der Waals surface area contributed by atoms with Gasteiger partial charge < -0.3 is 20.9 Å². The first-order chi connectivity index (χ1) is 16.1. The number of carbonyl (C=O) groups is 2. The summed E-state index contributed by atoms with van der Waals surface area (Å²) in [4.78, 5) is 49.8. The van der Waals surface area contributed by atoms with Crippen LogP contribution in [0.15, 0.2) is 59.6 Å². The summed E-state index contributed by atoms with van der Waals surface area (Å²) < 4.78 is 10.4. The molecule has 2 aromatic rings. The average Bonchev–Trinajstić information content (AvgIpc) is 2.80. The Balaban J connectivity index is 2.13. The van der Waals surface area contributed by atoms with Crippen LogP contribution in [0.1, 0.15) is 18.4 Å². The number of benzene rings is 2. The summed E-state index contributed by atoms with van der Waals surface area (Å²) >= 11 is 0. The van der Waals surface area contributed by atoms with E-state index in [1.807, 2.05) is 0 Å². The maximum absolute atomic E-state index is 12.8. The zero-order valence-electron chi connectivity index (χ0n) is 17.8. The van der Waals surface area contributed by atoms with Gasteiger partial charge in [-0.3, -0.25) is 10.1 Å². The average molecular weight is 474 g/mol. The van der Waals surface area contributed by atoms with Crippen molar-refractivity contribution < 1.29 is 29.0 Å². The van der Waals surface area contributed by atoms with E-state index in [0.717, 1.165) is 12.1 Å². The van der Waals surface area contributed by atoms with Gasteiger partial charge in [0.2, 0.25) is 5.54 Å². The van der Waals surface area contributed by atoms with Gasteiger partial charge in [0.15, 0.2) is 5.03 Å². The number of hydrogen-bond acceptors (Lipinski definition) is 10. The van der Waals surface area contributed by atoms with Crippen molar-refractivity contribution in [1.82, 2.24) is 5.43 Å². The third kappa shape index (κ3) is 7.52. The molecule has 0 amide bonds. The molecule has 0 aliphatic carbocycles. The maximum Gasteiger partial charge on any atom is 0.343 e. The van der Waals surface area contributed by atoms with Gasteiger partial charge in [0.25, 0.3) is 11.6 Å². The molecule has 0 aliphatic heterocycles. The lowest BCUT2D eigenvalue weighted by molar-refractivity contribution is -0.525. The van der Waals surface area contributed by atoms with Crippen molar-refractivity contribution >= 4 is 23.6 Å². The Bertz CT molecular complexity index is 1060. The fraction of sp³-hybridized carbons (Fsp3) is 0.250. The summed E-state index contributed by atoms with van der Waals surface area (Å²) in [7, 11) is 0. The van der Waals surface area contributed by atoms with Crippen LogP contribution in [0.3, 0.4) is 0 Å².